The van der Waals surface area contributed by atoms with Crippen molar-refractivity contribution in [2.45, 2.75) is 32.7 Å². The van der Waals surface area contributed by atoms with E-state index >= 15 is 0 Å². The molecule has 1 unspecified atom stereocenters. The summed E-state index contributed by atoms with van der Waals surface area (Å²) in [5, 5.41) is 3.43. The summed E-state index contributed by atoms with van der Waals surface area (Å²) in [7, 11) is 1.87. The molecule has 0 bridgehead atoms. The number of likely N-dealkylation sites (N-methyl/N-ethyl adjacent to an activating group) is 1. The molecule has 16 heavy (non-hydrogen) atoms. The third-order valence-corrected chi connectivity index (χ3v) is 2.76. The van der Waals surface area contributed by atoms with E-state index in [-0.39, 0.29) is 5.91 Å². The average molecular weight is 228 g/mol. The molecule has 0 aromatic rings. The number of amides is 1. The molecule has 0 aromatic carbocycles. The van der Waals surface area contributed by atoms with E-state index in [9.17, 15) is 4.79 Å². The summed E-state index contributed by atoms with van der Waals surface area (Å²) >= 11 is 0. The number of nitrogens with zero attached hydrogens (tertiary/aromatic N) is 1. The van der Waals surface area contributed by atoms with Crippen molar-refractivity contribution < 1.29 is 9.53 Å². The highest BCUT2D eigenvalue weighted by Gasteiger charge is 2.21. The van der Waals surface area contributed by atoms with E-state index in [0.29, 0.717) is 18.4 Å². The SMILES string of the molecule is CC(C)COCCNC1CCC(=O)N(C)C1. The van der Waals surface area contributed by atoms with Crippen molar-refractivity contribution in [3.05, 3.63) is 0 Å². The highest BCUT2D eigenvalue weighted by molar-refractivity contribution is 5.76. The minimum Gasteiger partial charge on any atom is -0.380 e. The van der Waals surface area contributed by atoms with Crippen LogP contribution in [0.25, 0.3) is 0 Å². The molecule has 1 fully saturated rings. The Balaban J connectivity index is 2.03. The molecule has 1 amide bonds. The first-order valence-corrected chi connectivity index (χ1v) is 6.14. The van der Waals surface area contributed by atoms with Gasteiger partial charge in [0.25, 0.3) is 0 Å². The fraction of sp³-hybridized carbons (Fsp3) is 0.917. The highest BCUT2D eigenvalue weighted by atomic mass is 16.5. The van der Waals surface area contributed by atoms with Crippen LogP contribution in [0.15, 0.2) is 0 Å². The summed E-state index contributed by atoms with van der Waals surface area (Å²) in [5.41, 5.74) is 0. The molecule has 1 atom stereocenters. The van der Waals surface area contributed by atoms with Gasteiger partial charge >= 0.3 is 0 Å². The van der Waals surface area contributed by atoms with E-state index in [1.165, 1.54) is 0 Å². The average Bonchev–Trinajstić information content (AvgIpc) is 2.22. The molecule has 0 saturated carbocycles. The van der Waals surface area contributed by atoms with E-state index < -0.39 is 0 Å². The quantitative estimate of drug-likeness (QED) is 0.686. The molecule has 4 nitrogen and oxygen atoms in total. The number of likely N-dealkylation sites (tertiary alicyclic amines) is 1. The van der Waals surface area contributed by atoms with Crippen LogP contribution >= 0.6 is 0 Å². The molecule has 0 spiro atoms. The normalized spacial score (nSPS) is 21.9. The Bertz CT molecular complexity index is 219. The predicted molar refractivity (Wildman–Crippen MR) is 64.3 cm³/mol. The van der Waals surface area contributed by atoms with Gasteiger partial charge in [-0.25, -0.2) is 0 Å². The van der Waals surface area contributed by atoms with Gasteiger partial charge in [-0.05, 0) is 12.3 Å². The first-order valence-electron chi connectivity index (χ1n) is 6.14. The van der Waals surface area contributed by atoms with Crippen molar-refractivity contribution in [3.63, 3.8) is 0 Å². The summed E-state index contributed by atoms with van der Waals surface area (Å²) in [6.07, 6.45) is 1.62. The van der Waals surface area contributed by atoms with Gasteiger partial charge in [-0.3, -0.25) is 4.79 Å². The first kappa shape index (κ1) is 13.5. The summed E-state index contributed by atoms with van der Waals surface area (Å²) in [6, 6.07) is 0.436. The Kier molecular flexibility index (Phi) is 5.77. The molecule has 1 aliphatic rings. The summed E-state index contributed by atoms with van der Waals surface area (Å²) < 4.78 is 5.49. The van der Waals surface area contributed by atoms with Crippen molar-refractivity contribution >= 4 is 5.91 Å². The lowest BCUT2D eigenvalue weighted by atomic mass is 10.1. The van der Waals surface area contributed by atoms with E-state index in [1.54, 1.807) is 4.90 Å². The fourth-order valence-electron chi connectivity index (χ4n) is 1.83. The Morgan fingerprint density at radius 2 is 2.31 bits per heavy atom. The van der Waals surface area contributed by atoms with Crippen molar-refractivity contribution in [2.75, 3.05) is 33.4 Å². The first-order chi connectivity index (χ1) is 7.59. The van der Waals surface area contributed by atoms with Crippen molar-refractivity contribution in [1.29, 1.82) is 0 Å². The van der Waals surface area contributed by atoms with Crippen LogP contribution in [0, 0.1) is 5.92 Å². The number of hydrogen-bond acceptors (Lipinski definition) is 3. The molecule has 1 saturated heterocycles. The van der Waals surface area contributed by atoms with Crippen LogP contribution in [0.3, 0.4) is 0 Å². The van der Waals surface area contributed by atoms with E-state index in [0.717, 1.165) is 32.7 Å². The third kappa shape index (κ3) is 4.94. The fourth-order valence-corrected chi connectivity index (χ4v) is 1.83. The van der Waals surface area contributed by atoms with Crippen LogP contribution in [-0.2, 0) is 9.53 Å². The molecule has 1 N–H and O–H groups in total. The van der Waals surface area contributed by atoms with Crippen LogP contribution in [-0.4, -0.2) is 50.2 Å². The second kappa shape index (κ2) is 6.86. The molecule has 94 valence electrons. The van der Waals surface area contributed by atoms with Gasteiger partial charge in [-0.2, -0.15) is 0 Å². The topological polar surface area (TPSA) is 41.6 Å². The smallest absolute Gasteiger partial charge is 0.222 e. The number of hydrogen-bond donors (Lipinski definition) is 1. The third-order valence-electron chi connectivity index (χ3n) is 2.76. The van der Waals surface area contributed by atoms with Gasteiger partial charge in [-0.15, -0.1) is 0 Å². The molecule has 1 heterocycles. The van der Waals surface area contributed by atoms with E-state index in [2.05, 4.69) is 19.2 Å². The Hall–Kier alpha value is -0.610. The Morgan fingerprint density at radius 1 is 1.56 bits per heavy atom. The number of carbonyl (C=O) groups excluding carboxylic acids is 1. The molecule has 1 rings (SSSR count). The maximum Gasteiger partial charge on any atom is 0.222 e. The lowest BCUT2D eigenvalue weighted by molar-refractivity contribution is -0.132. The Morgan fingerprint density at radius 3 is 2.94 bits per heavy atom. The summed E-state index contributed by atoms with van der Waals surface area (Å²) in [5.74, 6) is 0.854. The number of piperidine rings is 1. The molecule has 0 aromatic heterocycles. The zero-order valence-electron chi connectivity index (χ0n) is 10.7. The van der Waals surface area contributed by atoms with Crippen LogP contribution in [0.4, 0.5) is 0 Å². The molecular weight excluding hydrogens is 204 g/mol. The van der Waals surface area contributed by atoms with Crippen LogP contribution in [0.5, 0.6) is 0 Å². The maximum absolute atomic E-state index is 11.3. The molecule has 0 aliphatic carbocycles. The number of carbonyl (C=O) groups is 1. The highest BCUT2D eigenvalue weighted by Crippen LogP contribution is 2.09. The maximum atomic E-state index is 11.3. The monoisotopic (exact) mass is 228 g/mol. The summed E-state index contributed by atoms with van der Waals surface area (Å²) in [6.45, 7) is 7.57. The molecule has 4 heteroatoms. The largest absolute Gasteiger partial charge is 0.380 e. The van der Waals surface area contributed by atoms with Gasteiger partial charge in [0.05, 0.1) is 6.61 Å². The number of ether oxygens (including phenoxy) is 1. The lowest BCUT2D eigenvalue weighted by Crippen LogP contribution is -2.47. The summed E-state index contributed by atoms with van der Waals surface area (Å²) in [4.78, 5) is 13.1. The lowest BCUT2D eigenvalue weighted by Gasteiger charge is -2.30. The van der Waals surface area contributed by atoms with Gasteiger partial charge in [0.2, 0.25) is 5.91 Å². The van der Waals surface area contributed by atoms with E-state index in [4.69, 9.17) is 4.74 Å². The van der Waals surface area contributed by atoms with Gasteiger partial charge < -0.3 is 15.0 Å². The minimum absolute atomic E-state index is 0.258. The van der Waals surface area contributed by atoms with Crippen LogP contribution in [0.1, 0.15) is 26.7 Å². The number of rotatable bonds is 6. The van der Waals surface area contributed by atoms with Gasteiger partial charge in [0, 0.05) is 39.2 Å². The van der Waals surface area contributed by atoms with Crippen LogP contribution in [0.2, 0.25) is 0 Å². The van der Waals surface area contributed by atoms with Crippen molar-refractivity contribution in [1.82, 2.24) is 10.2 Å². The second-order valence-corrected chi connectivity index (χ2v) is 4.93. The van der Waals surface area contributed by atoms with Gasteiger partial charge in [0.15, 0.2) is 0 Å². The predicted octanol–water partition coefficient (Wildman–Crippen LogP) is 0.869. The minimum atomic E-state index is 0.258. The second-order valence-electron chi connectivity index (χ2n) is 4.93. The Labute approximate surface area is 98.3 Å². The zero-order valence-corrected chi connectivity index (χ0v) is 10.7. The van der Waals surface area contributed by atoms with Crippen molar-refractivity contribution in [2.24, 2.45) is 5.92 Å². The standard InChI is InChI=1S/C12H24N2O2/c1-10(2)9-16-7-6-13-11-4-5-12(15)14(3)8-11/h10-11,13H,4-9H2,1-3H3. The van der Waals surface area contributed by atoms with Crippen molar-refractivity contribution in [3.8, 4) is 0 Å². The van der Waals surface area contributed by atoms with Crippen LogP contribution < -0.4 is 5.32 Å². The van der Waals surface area contributed by atoms with E-state index in [1.807, 2.05) is 7.05 Å². The zero-order chi connectivity index (χ0) is 12.0. The number of nitrogens with one attached hydrogen (secondary N) is 1. The molecule has 0 radical (unpaired) electrons. The molecular formula is C12H24N2O2. The van der Waals surface area contributed by atoms with Gasteiger partial charge in [-0.1, -0.05) is 13.8 Å². The molecule has 1 aliphatic heterocycles. The van der Waals surface area contributed by atoms with Gasteiger partial charge in [0.1, 0.15) is 0 Å².